The Bertz CT molecular complexity index is 577. The van der Waals surface area contributed by atoms with Crippen LogP contribution in [0, 0.1) is 0 Å². The number of hydrogen-bond acceptors (Lipinski definition) is 5. The number of aromatic nitrogens is 4. The Labute approximate surface area is 111 Å². The van der Waals surface area contributed by atoms with E-state index in [1.807, 2.05) is 30.5 Å². The fraction of sp³-hybridized carbons (Fsp3) is 0.500. The Balaban J connectivity index is 2.37. The van der Waals surface area contributed by atoms with Gasteiger partial charge >= 0.3 is 0 Å². The minimum atomic E-state index is -0.402. The van der Waals surface area contributed by atoms with E-state index in [-0.39, 0.29) is 0 Å². The Morgan fingerprint density at radius 2 is 2.21 bits per heavy atom. The van der Waals surface area contributed by atoms with Gasteiger partial charge in [-0.2, -0.15) is 0 Å². The Hall–Kier alpha value is -2.02. The quantitative estimate of drug-likeness (QED) is 0.637. The molecule has 0 saturated heterocycles. The number of fused-ring (bicyclic) bond motifs is 1. The zero-order valence-corrected chi connectivity index (χ0v) is 11.4. The maximum atomic E-state index is 9.71. The van der Waals surface area contributed by atoms with E-state index >= 15 is 0 Å². The van der Waals surface area contributed by atoms with Crippen molar-refractivity contribution in [3.05, 3.63) is 12.7 Å². The number of hydrogen-bond donors (Lipinski definition) is 1. The van der Waals surface area contributed by atoms with Gasteiger partial charge in [-0.05, 0) is 6.42 Å². The molecular weight excluding hydrogens is 244 g/mol. The van der Waals surface area contributed by atoms with Crippen molar-refractivity contribution < 1.29 is 5.11 Å². The fourth-order valence-electron chi connectivity index (χ4n) is 1.62. The molecule has 0 unspecified atom stereocenters. The van der Waals surface area contributed by atoms with Crippen LogP contribution in [0.15, 0.2) is 17.6 Å². The minimum Gasteiger partial charge on any atom is -0.391 e. The molecule has 0 aliphatic carbocycles. The molecule has 102 valence electrons. The molecule has 2 rings (SSSR count). The Kier molecular flexibility index (Phi) is 4.06. The van der Waals surface area contributed by atoms with Gasteiger partial charge in [0.15, 0.2) is 17.0 Å². The maximum absolute atomic E-state index is 9.71. The van der Waals surface area contributed by atoms with Crippen molar-refractivity contribution in [2.24, 2.45) is 4.99 Å². The summed E-state index contributed by atoms with van der Waals surface area (Å²) in [6, 6.07) is 0. The number of imidazole rings is 1. The normalized spacial score (nSPS) is 13.3. The minimum absolute atomic E-state index is 0.402. The van der Waals surface area contributed by atoms with E-state index in [1.54, 1.807) is 12.7 Å². The van der Waals surface area contributed by atoms with Gasteiger partial charge < -0.3 is 14.6 Å². The highest BCUT2D eigenvalue weighted by atomic mass is 16.3. The summed E-state index contributed by atoms with van der Waals surface area (Å²) in [7, 11) is 3.77. The van der Waals surface area contributed by atoms with Crippen molar-refractivity contribution in [1.82, 2.24) is 24.4 Å². The molecule has 2 aromatic heterocycles. The van der Waals surface area contributed by atoms with E-state index in [9.17, 15) is 5.11 Å². The molecule has 2 heterocycles. The van der Waals surface area contributed by atoms with Gasteiger partial charge in [0.1, 0.15) is 6.33 Å². The molecule has 0 spiro atoms. The highest BCUT2D eigenvalue weighted by molar-refractivity contribution is 5.82. The summed E-state index contributed by atoms with van der Waals surface area (Å²) < 4.78 is 1.82. The van der Waals surface area contributed by atoms with E-state index in [4.69, 9.17) is 0 Å². The van der Waals surface area contributed by atoms with Crippen LogP contribution in [-0.2, 0) is 6.54 Å². The average Bonchev–Trinajstić information content (AvgIpc) is 2.80. The largest absolute Gasteiger partial charge is 0.391 e. The molecular formula is C12H18N6O. The lowest BCUT2D eigenvalue weighted by Gasteiger charge is -2.08. The SMILES string of the molecule is CC[C@@H](O)Cn1cnc2c(N=CN(C)C)ncnc21. The summed E-state index contributed by atoms with van der Waals surface area (Å²) in [6.07, 6.45) is 5.08. The van der Waals surface area contributed by atoms with Crippen molar-refractivity contribution >= 4 is 23.3 Å². The molecule has 0 radical (unpaired) electrons. The molecule has 1 atom stereocenters. The molecule has 19 heavy (non-hydrogen) atoms. The lowest BCUT2D eigenvalue weighted by atomic mass is 10.3. The van der Waals surface area contributed by atoms with Crippen molar-refractivity contribution in [3.63, 3.8) is 0 Å². The topological polar surface area (TPSA) is 79.4 Å². The molecule has 1 N–H and O–H groups in total. The second kappa shape index (κ2) is 5.75. The third kappa shape index (κ3) is 3.05. The fourth-order valence-corrected chi connectivity index (χ4v) is 1.62. The van der Waals surface area contributed by atoms with E-state index in [0.717, 1.165) is 0 Å². The second-order valence-electron chi connectivity index (χ2n) is 4.54. The monoisotopic (exact) mass is 262 g/mol. The predicted octanol–water partition coefficient (Wildman–Crippen LogP) is 0.819. The summed E-state index contributed by atoms with van der Waals surface area (Å²) in [4.78, 5) is 18.7. The molecule has 0 saturated carbocycles. The predicted molar refractivity (Wildman–Crippen MR) is 73.5 cm³/mol. The molecule has 0 aliphatic rings. The van der Waals surface area contributed by atoms with Gasteiger partial charge in [-0.1, -0.05) is 6.92 Å². The van der Waals surface area contributed by atoms with Crippen LogP contribution in [0.1, 0.15) is 13.3 Å². The van der Waals surface area contributed by atoms with Crippen LogP contribution in [0.4, 0.5) is 5.82 Å². The van der Waals surface area contributed by atoms with Gasteiger partial charge in [-0.25, -0.2) is 19.9 Å². The second-order valence-corrected chi connectivity index (χ2v) is 4.54. The van der Waals surface area contributed by atoms with Crippen LogP contribution in [0.25, 0.3) is 11.2 Å². The van der Waals surface area contributed by atoms with E-state index in [1.165, 1.54) is 6.33 Å². The van der Waals surface area contributed by atoms with Gasteiger partial charge in [0, 0.05) is 14.1 Å². The van der Waals surface area contributed by atoms with Gasteiger partial charge in [-0.3, -0.25) is 0 Å². The van der Waals surface area contributed by atoms with Crippen LogP contribution in [-0.4, -0.2) is 56.1 Å². The first-order valence-electron chi connectivity index (χ1n) is 6.16. The van der Waals surface area contributed by atoms with Crippen LogP contribution in [0.3, 0.4) is 0 Å². The first-order valence-corrected chi connectivity index (χ1v) is 6.16. The van der Waals surface area contributed by atoms with Crippen LogP contribution in [0.2, 0.25) is 0 Å². The lowest BCUT2D eigenvalue weighted by Crippen LogP contribution is -2.14. The first kappa shape index (κ1) is 13.4. The highest BCUT2D eigenvalue weighted by Crippen LogP contribution is 2.19. The summed E-state index contributed by atoms with van der Waals surface area (Å²) in [5, 5.41) is 9.71. The summed E-state index contributed by atoms with van der Waals surface area (Å²) >= 11 is 0. The third-order valence-corrected chi connectivity index (χ3v) is 2.67. The van der Waals surface area contributed by atoms with Gasteiger partial charge in [0.2, 0.25) is 0 Å². The van der Waals surface area contributed by atoms with Crippen molar-refractivity contribution in [3.8, 4) is 0 Å². The number of aliphatic hydroxyl groups is 1. The summed E-state index contributed by atoms with van der Waals surface area (Å²) in [6.45, 7) is 2.41. The Morgan fingerprint density at radius 3 is 2.89 bits per heavy atom. The zero-order chi connectivity index (χ0) is 13.8. The highest BCUT2D eigenvalue weighted by Gasteiger charge is 2.11. The lowest BCUT2D eigenvalue weighted by molar-refractivity contribution is 0.151. The molecule has 0 fully saturated rings. The third-order valence-electron chi connectivity index (χ3n) is 2.67. The molecule has 2 aromatic rings. The average molecular weight is 262 g/mol. The zero-order valence-electron chi connectivity index (χ0n) is 11.4. The van der Waals surface area contributed by atoms with E-state index in [2.05, 4.69) is 19.9 Å². The number of nitrogens with zero attached hydrogens (tertiary/aromatic N) is 6. The van der Waals surface area contributed by atoms with Crippen molar-refractivity contribution in [2.45, 2.75) is 26.0 Å². The first-order chi connectivity index (χ1) is 9.11. The molecule has 7 heteroatoms. The smallest absolute Gasteiger partial charge is 0.184 e. The number of aliphatic hydroxyl groups excluding tert-OH is 1. The number of aliphatic imine (C=N–C) groups is 1. The van der Waals surface area contributed by atoms with Gasteiger partial charge in [0.05, 0.1) is 25.3 Å². The maximum Gasteiger partial charge on any atom is 0.184 e. The van der Waals surface area contributed by atoms with E-state index in [0.29, 0.717) is 29.9 Å². The Morgan fingerprint density at radius 1 is 1.42 bits per heavy atom. The van der Waals surface area contributed by atoms with Crippen molar-refractivity contribution in [1.29, 1.82) is 0 Å². The van der Waals surface area contributed by atoms with Crippen LogP contribution in [0.5, 0.6) is 0 Å². The van der Waals surface area contributed by atoms with Crippen LogP contribution < -0.4 is 0 Å². The molecule has 0 aromatic carbocycles. The summed E-state index contributed by atoms with van der Waals surface area (Å²) in [5.41, 5.74) is 1.33. The molecule has 7 nitrogen and oxygen atoms in total. The number of rotatable bonds is 5. The standard InChI is InChI=1S/C12H18N6O/c1-4-9(19)5-18-8-15-10-11(16-7-17(2)3)13-6-14-12(10)18/h6-9,19H,4-5H2,1-3H3/t9-/m1/s1. The summed E-state index contributed by atoms with van der Waals surface area (Å²) in [5.74, 6) is 0.531. The van der Waals surface area contributed by atoms with Gasteiger partial charge in [0.25, 0.3) is 0 Å². The van der Waals surface area contributed by atoms with Crippen molar-refractivity contribution in [2.75, 3.05) is 14.1 Å². The van der Waals surface area contributed by atoms with Crippen LogP contribution >= 0.6 is 0 Å². The molecule has 0 amide bonds. The molecule has 0 bridgehead atoms. The van der Waals surface area contributed by atoms with E-state index < -0.39 is 6.10 Å². The molecule has 0 aliphatic heterocycles. The van der Waals surface area contributed by atoms with Gasteiger partial charge in [-0.15, -0.1) is 0 Å².